The molecule has 0 fully saturated rings. The number of guanidine groups is 1. The van der Waals surface area contributed by atoms with E-state index in [9.17, 15) is 13.2 Å². The smallest absolute Gasteiger partial charge is 0.406 e. The summed E-state index contributed by atoms with van der Waals surface area (Å²) in [5, 5.41) is 3.02. The standard InChI is InChI=1S/C14H20F3N3O.HI/c1-13(2,3)20-12(18)19-9-8-10-4-6-11(7-5-10)21-14(15,16)17;/h4-7H,8-9H2,1-3H3,(H3,18,19,20);1H. The van der Waals surface area contributed by atoms with E-state index in [2.05, 4.69) is 15.0 Å². The zero-order valence-electron chi connectivity index (χ0n) is 12.7. The summed E-state index contributed by atoms with van der Waals surface area (Å²) in [7, 11) is 0. The van der Waals surface area contributed by atoms with Gasteiger partial charge in [-0.25, -0.2) is 0 Å². The Balaban J connectivity index is 0.00000441. The van der Waals surface area contributed by atoms with Crippen LogP contribution in [-0.4, -0.2) is 24.4 Å². The highest BCUT2D eigenvalue weighted by Crippen LogP contribution is 2.22. The van der Waals surface area contributed by atoms with Crippen LogP contribution in [0.5, 0.6) is 5.75 Å². The highest BCUT2D eigenvalue weighted by Gasteiger charge is 2.30. The molecule has 0 aromatic heterocycles. The molecule has 1 aromatic rings. The number of hydrogen-bond donors (Lipinski definition) is 2. The van der Waals surface area contributed by atoms with E-state index in [1.54, 1.807) is 12.1 Å². The average molecular weight is 431 g/mol. The predicted molar refractivity (Wildman–Crippen MR) is 91.6 cm³/mol. The van der Waals surface area contributed by atoms with Crippen LogP contribution in [0.3, 0.4) is 0 Å². The number of hydrogen-bond acceptors (Lipinski definition) is 2. The molecular weight excluding hydrogens is 410 g/mol. The van der Waals surface area contributed by atoms with Crippen LogP contribution in [-0.2, 0) is 6.42 Å². The lowest BCUT2D eigenvalue weighted by molar-refractivity contribution is -0.274. The summed E-state index contributed by atoms with van der Waals surface area (Å²) < 4.78 is 39.8. The summed E-state index contributed by atoms with van der Waals surface area (Å²) in [5.74, 6) is 0.114. The summed E-state index contributed by atoms with van der Waals surface area (Å²) in [5.41, 5.74) is 6.41. The van der Waals surface area contributed by atoms with Crippen molar-refractivity contribution in [1.82, 2.24) is 5.32 Å². The molecule has 0 aliphatic heterocycles. The second-order valence-electron chi connectivity index (χ2n) is 5.58. The molecule has 126 valence electrons. The Kier molecular flexibility index (Phi) is 7.99. The number of aliphatic imine (C=N–C) groups is 1. The van der Waals surface area contributed by atoms with Crippen LogP contribution >= 0.6 is 24.0 Å². The molecule has 4 nitrogen and oxygen atoms in total. The lowest BCUT2D eigenvalue weighted by Crippen LogP contribution is -2.45. The molecule has 0 bridgehead atoms. The van der Waals surface area contributed by atoms with Gasteiger partial charge in [0.1, 0.15) is 5.75 Å². The minimum Gasteiger partial charge on any atom is -0.406 e. The molecule has 0 unspecified atom stereocenters. The van der Waals surface area contributed by atoms with Crippen LogP contribution in [0.1, 0.15) is 26.3 Å². The molecule has 0 spiro atoms. The Morgan fingerprint density at radius 3 is 2.18 bits per heavy atom. The first-order chi connectivity index (χ1) is 9.55. The lowest BCUT2D eigenvalue weighted by atomic mass is 10.1. The average Bonchev–Trinajstić information content (AvgIpc) is 2.27. The molecule has 0 heterocycles. The van der Waals surface area contributed by atoms with Crippen molar-refractivity contribution in [2.75, 3.05) is 6.54 Å². The third kappa shape index (κ3) is 9.69. The van der Waals surface area contributed by atoms with Crippen LogP contribution in [0.4, 0.5) is 13.2 Å². The fourth-order valence-electron chi connectivity index (χ4n) is 1.59. The van der Waals surface area contributed by atoms with E-state index in [0.717, 1.165) is 5.56 Å². The molecule has 22 heavy (non-hydrogen) atoms. The van der Waals surface area contributed by atoms with E-state index in [1.165, 1.54) is 12.1 Å². The number of halogens is 4. The van der Waals surface area contributed by atoms with Crippen molar-refractivity contribution < 1.29 is 17.9 Å². The maximum absolute atomic E-state index is 12.0. The first kappa shape index (κ1) is 20.8. The van der Waals surface area contributed by atoms with Crippen LogP contribution in [0.2, 0.25) is 0 Å². The van der Waals surface area contributed by atoms with Gasteiger partial charge in [0.25, 0.3) is 0 Å². The molecule has 0 radical (unpaired) electrons. The molecule has 3 N–H and O–H groups in total. The van der Waals surface area contributed by atoms with Gasteiger partial charge in [0.2, 0.25) is 0 Å². The van der Waals surface area contributed by atoms with E-state index >= 15 is 0 Å². The van der Waals surface area contributed by atoms with Crippen molar-refractivity contribution in [3.63, 3.8) is 0 Å². The quantitative estimate of drug-likeness (QED) is 0.436. The number of nitrogens with zero attached hydrogens (tertiary/aromatic N) is 1. The van der Waals surface area contributed by atoms with Gasteiger partial charge in [-0.15, -0.1) is 37.1 Å². The van der Waals surface area contributed by atoms with Crippen molar-refractivity contribution in [1.29, 1.82) is 0 Å². The number of alkyl halides is 3. The Labute approximate surface area is 145 Å². The number of nitrogens with one attached hydrogen (secondary N) is 1. The van der Waals surface area contributed by atoms with Gasteiger partial charge in [-0.05, 0) is 44.9 Å². The summed E-state index contributed by atoms with van der Waals surface area (Å²) >= 11 is 0. The van der Waals surface area contributed by atoms with E-state index in [-0.39, 0.29) is 35.3 Å². The van der Waals surface area contributed by atoms with E-state index in [0.29, 0.717) is 18.9 Å². The van der Waals surface area contributed by atoms with Crippen LogP contribution in [0.25, 0.3) is 0 Å². The first-order valence-electron chi connectivity index (χ1n) is 6.48. The Bertz CT molecular complexity index is 482. The fraction of sp³-hybridized carbons (Fsp3) is 0.500. The van der Waals surface area contributed by atoms with Gasteiger partial charge in [-0.2, -0.15) is 0 Å². The molecule has 0 amide bonds. The van der Waals surface area contributed by atoms with Gasteiger partial charge in [-0.3, -0.25) is 4.99 Å². The molecule has 8 heteroatoms. The van der Waals surface area contributed by atoms with Crippen LogP contribution < -0.4 is 15.8 Å². The third-order valence-corrected chi connectivity index (χ3v) is 2.34. The Morgan fingerprint density at radius 2 is 1.73 bits per heavy atom. The zero-order valence-corrected chi connectivity index (χ0v) is 15.0. The highest BCUT2D eigenvalue weighted by molar-refractivity contribution is 14.0. The SMILES string of the molecule is CC(C)(C)NC(N)=NCCc1ccc(OC(F)(F)F)cc1.I. The number of ether oxygens (including phenoxy) is 1. The van der Waals surface area contributed by atoms with E-state index in [1.807, 2.05) is 20.8 Å². The van der Waals surface area contributed by atoms with Crippen molar-refractivity contribution in [3.8, 4) is 5.75 Å². The van der Waals surface area contributed by atoms with E-state index in [4.69, 9.17) is 5.73 Å². The molecule has 0 aliphatic carbocycles. The maximum atomic E-state index is 12.0. The van der Waals surface area contributed by atoms with Crippen molar-refractivity contribution >= 4 is 29.9 Å². The van der Waals surface area contributed by atoms with Crippen LogP contribution in [0.15, 0.2) is 29.3 Å². The largest absolute Gasteiger partial charge is 0.573 e. The molecule has 1 rings (SSSR count). The summed E-state index contributed by atoms with van der Waals surface area (Å²) in [6, 6.07) is 5.71. The highest BCUT2D eigenvalue weighted by atomic mass is 127. The normalized spacial score (nSPS) is 12.5. The number of rotatable bonds is 4. The summed E-state index contributed by atoms with van der Waals surface area (Å²) in [6.45, 7) is 6.35. The zero-order chi connectivity index (χ0) is 16.1. The minimum atomic E-state index is -4.67. The van der Waals surface area contributed by atoms with Crippen molar-refractivity contribution in [2.45, 2.75) is 39.1 Å². The molecule has 0 atom stereocenters. The van der Waals surface area contributed by atoms with Crippen molar-refractivity contribution in [2.24, 2.45) is 10.7 Å². The van der Waals surface area contributed by atoms with Gasteiger partial charge >= 0.3 is 6.36 Å². The first-order valence-corrected chi connectivity index (χ1v) is 6.48. The molecule has 0 saturated carbocycles. The number of benzene rings is 1. The van der Waals surface area contributed by atoms with Gasteiger partial charge in [0.15, 0.2) is 5.96 Å². The fourth-order valence-corrected chi connectivity index (χ4v) is 1.59. The molecular formula is C14H21F3IN3O. The summed E-state index contributed by atoms with van der Waals surface area (Å²) in [4.78, 5) is 4.16. The van der Waals surface area contributed by atoms with Crippen molar-refractivity contribution in [3.05, 3.63) is 29.8 Å². The Morgan fingerprint density at radius 1 is 1.18 bits per heavy atom. The van der Waals surface area contributed by atoms with E-state index < -0.39 is 6.36 Å². The molecule has 1 aromatic carbocycles. The molecule has 0 aliphatic rings. The monoisotopic (exact) mass is 431 g/mol. The van der Waals surface area contributed by atoms with Gasteiger partial charge in [0, 0.05) is 12.1 Å². The van der Waals surface area contributed by atoms with Gasteiger partial charge < -0.3 is 15.8 Å². The topological polar surface area (TPSA) is 59.6 Å². The molecule has 0 saturated heterocycles. The van der Waals surface area contributed by atoms with Gasteiger partial charge in [0.05, 0.1) is 0 Å². The minimum absolute atomic E-state index is 0. The third-order valence-electron chi connectivity index (χ3n) is 2.34. The number of nitrogens with two attached hydrogens (primary N) is 1. The predicted octanol–water partition coefficient (Wildman–Crippen LogP) is 3.45. The Hall–Kier alpha value is -1.19. The van der Waals surface area contributed by atoms with Crippen LogP contribution in [0, 0.1) is 0 Å². The second-order valence-corrected chi connectivity index (χ2v) is 5.58. The van der Waals surface area contributed by atoms with Gasteiger partial charge in [-0.1, -0.05) is 12.1 Å². The summed E-state index contributed by atoms with van der Waals surface area (Å²) in [6.07, 6.45) is -4.09. The second kappa shape index (κ2) is 8.44. The lowest BCUT2D eigenvalue weighted by Gasteiger charge is -2.20. The maximum Gasteiger partial charge on any atom is 0.573 e.